The summed E-state index contributed by atoms with van der Waals surface area (Å²) in [6.45, 7) is 4.37. The normalized spacial score (nSPS) is 20.2. The van der Waals surface area contributed by atoms with Crippen molar-refractivity contribution in [1.29, 1.82) is 0 Å². The minimum Gasteiger partial charge on any atom is -0.464 e. The Hall–Kier alpha value is -2.28. The molecule has 1 amide bonds. The van der Waals surface area contributed by atoms with E-state index >= 15 is 0 Å². The van der Waals surface area contributed by atoms with Crippen molar-refractivity contribution < 1.29 is 14.3 Å². The Morgan fingerprint density at radius 1 is 1.42 bits per heavy atom. The lowest BCUT2D eigenvalue weighted by molar-refractivity contribution is -0.153. The van der Waals surface area contributed by atoms with Crippen LogP contribution < -0.4 is 0 Å². The maximum absolute atomic E-state index is 12.9. The first-order valence-electron chi connectivity index (χ1n) is 7.92. The smallest absolute Gasteiger partial charge is 0.331 e. The zero-order valence-electron chi connectivity index (χ0n) is 13.7. The number of esters is 1. The van der Waals surface area contributed by atoms with Crippen LogP contribution in [-0.4, -0.2) is 45.4 Å². The third-order valence-corrected chi connectivity index (χ3v) is 5.07. The first-order chi connectivity index (χ1) is 11.6. The van der Waals surface area contributed by atoms with Gasteiger partial charge in [0.25, 0.3) is 5.91 Å². The van der Waals surface area contributed by atoms with Crippen molar-refractivity contribution in [3.8, 4) is 10.7 Å². The molecule has 0 aromatic carbocycles. The molecule has 6 nitrogen and oxygen atoms in total. The molecule has 0 spiro atoms. The topological polar surface area (TPSA) is 72.4 Å². The molecule has 0 aliphatic carbocycles. The first-order valence-corrected chi connectivity index (χ1v) is 8.80. The molecule has 2 aromatic heterocycles. The highest BCUT2D eigenvalue weighted by molar-refractivity contribution is 7.13. The lowest BCUT2D eigenvalue weighted by atomic mass is 9.99. The standard InChI is InChI=1S/C17H19N3O3S/c1-3-23-16(22)17(2)8-6-10-20(17)15(21)13-11-24-14(19-13)12-7-4-5-9-18-12/h4-5,7,9,11H,3,6,8,10H2,1-2H3/t17-/m0/s1. The van der Waals surface area contributed by atoms with Gasteiger partial charge >= 0.3 is 5.97 Å². The Kier molecular flexibility index (Phi) is 4.62. The Morgan fingerprint density at radius 2 is 2.25 bits per heavy atom. The summed E-state index contributed by atoms with van der Waals surface area (Å²) in [5, 5.41) is 2.41. The van der Waals surface area contributed by atoms with Crippen LogP contribution in [0.1, 0.15) is 37.2 Å². The molecule has 0 unspecified atom stereocenters. The molecule has 0 radical (unpaired) electrons. The van der Waals surface area contributed by atoms with E-state index in [0.717, 1.165) is 12.1 Å². The maximum atomic E-state index is 12.9. The number of hydrogen-bond acceptors (Lipinski definition) is 6. The maximum Gasteiger partial charge on any atom is 0.331 e. The predicted molar refractivity (Wildman–Crippen MR) is 90.7 cm³/mol. The van der Waals surface area contributed by atoms with Crippen LogP contribution in [0.3, 0.4) is 0 Å². The second-order valence-electron chi connectivity index (χ2n) is 5.81. The van der Waals surface area contributed by atoms with Crippen molar-refractivity contribution in [1.82, 2.24) is 14.9 Å². The van der Waals surface area contributed by atoms with Crippen LogP contribution in [-0.2, 0) is 9.53 Å². The molecule has 3 rings (SSSR count). The van der Waals surface area contributed by atoms with E-state index in [1.165, 1.54) is 11.3 Å². The van der Waals surface area contributed by atoms with Gasteiger partial charge in [0.15, 0.2) is 0 Å². The number of pyridine rings is 1. The van der Waals surface area contributed by atoms with Crippen LogP contribution in [0, 0.1) is 0 Å². The number of hydrogen-bond donors (Lipinski definition) is 0. The zero-order chi connectivity index (χ0) is 17.2. The van der Waals surface area contributed by atoms with E-state index in [1.807, 2.05) is 18.2 Å². The molecular formula is C17H19N3O3S. The van der Waals surface area contributed by atoms with Gasteiger partial charge < -0.3 is 9.64 Å². The summed E-state index contributed by atoms with van der Waals surface area (Å²) in [5.41, 5.74) is 0.163. The van der Waals surface area contributed by atoms with Gasteiger partial charge in [0.1, 0.15) is 16.2 Å². The number of likely N-dealkylation sites (tertiary alicyclic amines) is 1. The summed E-state index contributed by atoms with van der Waals surface area (Å²) < 4.78 is 5.16. The van der Waals surface area contributed by atoms with Gasteiger partial charge in [-0.3, -0.25) is 9.78 Å². The van der Waals surface area contributed by atoms with Crippen molar-refractivity contribution in [2.45, 2.75) is 32.2 Å². The lowest BCUT2D eigenvalue weighted by Gasteiger charge is -2.32. The van der Waals surface area contributed by atoms with Gasteiger partial charge in [-0.05, 0) is 38.8 Å². The van der Waals surface area contributed by atoms with Gasteiger partial charge in [-0.2, -0.15) is 0 Å². The largest absolute Gasteiger partial charge is 0.464 e. The molecule has 7 heteroatoms. The fourth-order valence-electron chi connectivity index (χ4n) is 2.90. The fraction of sp³-hybridized carbons (Fsp3) is 0.412. The third-order valence-electron chi connectivity index (χ3n) is 4.21. The molecule has 1 saturated heterocycles. The van der Waals surface area contributed by atoms with E-state index in [-0.39, 0.29) is 11.9 Å². The molecule has 1 atom stereocenters. The van der Waals surface area contributed by atoms with Crippen LogP contribution in [0.4, 0.5) is 0 Å². The van der Waals surface area contributed by atoms with Gasteiger partial charge in [-0.15, -0.1) is 11.3 Å². The number of rotatable bonds is 4. The monoisotopic (exact) mass is 345 g/mol. The molecule has 0 bridgehead atoms. The predicted octanol–water partition coefficient (Wildman–Crippen LogP) is 2.76. The highest BCUT2D eigenvalue weighted by Crippen LogP contribution is 2.32. The lowest BCUT2D eigenvalue weighted by Crippen LogP contribution is -2.51. The van der Waals surface area contributed by atoms with Crippen LogP contribution in [0.2, 0.25) is 0 Å². The Morgan fingerprint density at radius 3 is 2.96 bits per heavy atom. The molecule has 24 heavy (non-hydrogen) atoms. The van der Waals surface area contributed by atoms with Crippen molar-refractivity contribution in [2.24, 2.45) is 0 Å². The summed E-state index contributed by atoms with van der Waals surface area (Å²) >= 11 is 1.37. The van der Waals surface area contributed by atoms with Gasteiger partial charge in [0.2, 0.25) is 0 Å². The number of carbonyl (C=O) groups excluding carboxylic acids is 2. The Labute approximate surface area is 144 Å². The number of aromatic nitrogens is 2. The quantitative estimate of drug-likeness (QED) is 0.797. The number of thiazole rings is 1. The number of amides is 1. The SMILES string of the molecule is CCOC(=O)[C@]1(C)CCCN1C(=O)c1csc(-c2ccccn2)n1. The van der Waals surface area contributed by atoms with E-state index in [1.54, 1.807) is 30.3 Å². The second kappa shape index (κ2) is 6.68. The molecule has 0 saturated carbocycles. The first kappa shape index (κ1) is 16.6. The number of ether oxygens (including phenoxy) is 1. The third kappa shape index (κ3) is 2.91. The molecule has 1 aliphatic heterocycles. The fourth-order valence-corrected chi connectivity index (χ4v) is 3.67. The van der Waals surface area contributed by atoms with E-state index in [0.29, 0.717) is 30.3 Å². The van der Waals surface area contributed by atoms with Crippen molar-refractivity contribution >= 4 is 23.2 Å². The molecule has 2 aromatic rings. The summed E-state index contributed by atoms with van der Waals surface area (Å²) in [6.07, 6.45) is 3.07. The molecule has 0 N–H and O–H groups in total. The molecule has 126 valence electrons. The average molecular weight is 345 g/mol. The minimum absolute atomic E-state index is 0.235. The van der Waals surface area contributed by atoms with Crippen LogP contribution in [0.25, 0.3) is 10.7 Å². The molecule has 1 aliphatic rings. The van der Waals surface area contributed by atoms with E-state index in [2.05, 4.69) is 9.97 Å². The molecular weight excluding hydrogens is 326 g/mol. The highest BCUT2D eigenvalue weighted by Gasteiger charge is 2.47. The van der Waals surface area contributed by atoms with Crippen LogP contribution >= 0.6 is 11.3 Å². The highest BCUT2D eigenvalue weighted by atomic mass is 32.1. The minimum atomic E-state index is -0.915. The van der Waals surface area contributed by atoms with Crippen molar-refractivity contribution in [2.75, 3.05) is 13.2 Å². The van der Waals surface area contributed by atoms with Crippen molar-refractivity contribution in [3.05, 3.63) is 35.5 Å². The van der Waals surface area contributed by atoms with Gasteiger partial charge in [0.05, 0.1) is 12.3 Å². The van der Waals surface area contributed by atoms with Crippen LogP contribution in [0.15, 0.2) is 29.8 Å². The number of carbonyl (C=O) groups is 2. The Bertz CT molecular complexity index is 747. The van der Waals surface area contributed by atoms with E-state index in [4.69, 9.17) is 4.74 Å². The Balaban J connectivity index is 1.84. The van der Waals surface area contributed by atoms with Crippen LogP contribution in [0.5, 0.6) is 0 Å². The van der Waals surface area contributed by atoms with Gasteiger partial charge in [-0.1, -0.05) is 6.07 Å². The summed E-state index contributed by atoms with van der Waals surface area (Å²) in [6, 6.07) is 5.56. The van der Waals surface area contributed by atoms with Gasteiger partial charge in [-0.25, -0.2) is 9.78 Å². The van der Waals surface area contributed by atoms with Crippen molar-refractivity contribution in [3.63, 3.8) is 0 Å². The number of nitrogens with zero attached hydrogens (tertiary/aromatic N) is 3. The second-order valence-corrected chi connectivity index (χ2v) is 6.67. The summed E-state index contributed by atoms with van der Waals surface area (Å²) in [7, 11) is 0. The van der Waals surface area contributed by atoms with Gasteiger partial charge in [0, 0.05) is 18.1 Å². The average Bonchev–Trinajstić information content (AvgIpc) is 3.23. The zero-order valence-corrected chi connectivity index (χ0v) is 14.5. The molecule has 1 fully saturated rings. The molecule has 3 heterocycles. The van der Waals surface area contributed by atoms with E-state index < -0.39 is 5.54 Å². The summed E-state index contributed by atoms with van der Waals surface area (Å²) in [5.74, 6) is -0.586. The van der Waals surface area contributed by atoms with E-state index in [9.17, 15) is 9.59 Å². The summed E-state index contributed by atoms with van der Waals surface area (Å²) in [4.78, 5) is 35.4.